The normalized spacial score (nSPS) is 40.6. The molecular weight excluding hydrogens is 300 g/mol. The Morgan fingerprint density at radius 2 is 1.52 bits per heavy atom. The van der Waals surface area contributed by atoms with Gasteiger partial charge in [-0.1, -0.05) is 24.6 Å². The van der Waals surface area contributed by atoms with E-state index in [-0.39, 0.29) is 0 Å². The molecule has 0 amide bonds. The van der Waals surface area contributed by atoms with Crippen molar-refractivity contribution in [2.45, 2.75) is 57.3 Å². The summed E-state index contributed by atoms with van der Waals surface area (Å²) in [5, 5.41) is 0. The summed E-state index contributed by atoms with van der Waals surface area (Å²) in [5.74, 6) is 4.65. The molecule has 5 rings (SSSR count). The van der Waals surface area contributed by atoms with E-state index < -0.39 is 10.3 Å². The number of hydrogen-bond acceptors (Lipinski definition) is 1. The van der Waals surface area contributed by atoms with Gasteiger partial charge in [-0.05, 0) is 92.9 Å². The Hall–Kier alpha value is -0.470. The second-order valence-corrected chi connectivity index (χ2v) is 12.1. The van der Waals surface area contributed by atoms with E-state index in [2.05, 4.69) is 44.4 Å². The van der Waals surface area contributed by atoms with Crippen LogP contribution in [0.3, 0.4) is 0 Å². The van der Waals surface area contributed by atoms with Gasteiger partial charge < -0.3 is 4.55 Å². The third kappa shape index (κ3) is 2.87. The quantitative estimate of drug-likeness (QED) is 0.705. The third-order valence-electron chi connectivity index (χ3n) is 7.23. The monoisotopic (exact) mass is 332 g/mol. The molecule has 1 N–H and O–H groups in total. The first-order valence-electron chi connectivity index (χ1n) is 9.41. The average Bonchev–Trinajstić information content (AvgIpc) is 2.45. The molecule has 0 aromatic heterocycles. The molecule has 128 valence electrons. The van der Waals surface area contributed by atoms with Crippen LogP contribution >= 0.6 is 10.3 Å². The van der Waals surface area contributed by atoms with Crippen LogP contribution < -0.4 is 0 Å². The summed E-state index contributed by atoms with van der Waals surface area (Å²) in [6.45, 7) is 4.56. The molecule has 0 spiro atoms. The molecule has 0 radical (unpaired) electrons. The molecule has 1 unspecified atom stereocenters. The fourth-order valence-electron chi connectivity index (χ4n) is 6.37. The maximum atomic E-state index is 11.2. The van der Waals surface area contributed by atoms with E-state index >= 15 is 0 Å². The minimum atomic E-state index is -1.67. The second-order valence-electron chi connectivity index (χ2n) is 9.20. The van der Waals surface area contributed by atoms with E-state index in [0.717, 1.165) is 23.5 Å². The maximum absolute atomic E-state index is 11.2. The molecule has 4 aliphatic carbocycles. The van der Waals surface area contributed by atoms with Crippen molar-refractivity contribution in [1.29, 1.82) is 0 Å². The van der Waals surface area contributed by atoms with Gasteiger partial charge in [0.05, 0.1) is 0 Å². The van der Waals surface area contributed by atoms with Gasteiger partial charge in [-0.3, -0.25) is 0 Å². The van der Waals surface area contributed by atoms with Crippen LogP contribution in [0.5, 0.6) is 0 Å². The van der Waals surface area contributed by atoms with Gasteiger partial charge in [-0.2, -0.15) is 0 Å². The van der Waals surface area contributed by atoms with Gasteiger partial charge in [0.2, 0.25) is 0 Å². The first-order valence-corrected chi connectivity index (χ1v) is 11.6. The summed E-state index contributed by atoms with van der Waals surface area (Å²) in [6.07, 6.45) is 11.0. The van der Waals surface area contributed by atoms with Crippen molar-refractivity contribution in [3.05, 3.63) is 29.8 Å². The van der Waals surface area contributed by atoms with E-state index in [0.29, 0.717) is 11.3 Å². The molecule has 1 aromatic rings. The van der Waals surface area contributed by atoms with Gasteiger partial charge in [0, 0.05) is 10.6 Å². The van der Waals surface area contributed by atoms with Crippen LogP contribution in [0.1, 0.15) is 51.0 Å². The molecule has 2 atom stereocenters. The van der Waals surface area contributed by atoms with Gasteiger partial charge >= 0.3 is 0 Å². The van der Waals surface area contributed by atoms with Crippen LogP contribution in [0.25, 0.3) is 0 Å². The highest BCUT2D eigenvalue weighted by Crippen LogP contribution is 2.64. The van der Waals surface area contributed by atoms with Gasteiger partial charge in [-0.25, -0.2) is 0 Å². The Balaban J connectivity index is 1.53. The zero-order valence-electron chi connectivity index (χ0n) is 14.9. The van der Waals surface area contributed by atoms with Gasteiger partial charge in [0.25, 0.3) is 0 Å². The Labute approximate surface area is 143 Å². The standard InChI is InChI=1S/C21H32OS/c1-15-4-6-20(7-5-15)23(3,22)14-16(2)21-11-17-8-18(12-21)10-19(9-17)13-21/h4-7,16-19,22H,8-14H2,1-3H3/t16-,17?,18?,19?,21?/m0/s1. The summed E-state index contributed by atoms with van der Waals surface area (Å²) in [7, 11) is -1.67. The van der Waals surface area contributed by atoms with Crippen LogP contribution in [-0.4, -0.2) is 16.6 Å². The van der Waals surface area contributed by atoms with Crippen molar-refractivity contribution >= 4 is 10.3 Å². The molecule has 4 bridgehead atoms. The Morgan fingerprint density at radius 3 is 2.00 bits per heavy atom. The van der Waals surface area contributed by atoms with E-state index in [4.69, 9.17) is 0 Å². The first kappa shape index (κ1) is 16.0. The van der Waals surface area contributed by atoms with Gasteiger partial charge in [-0.15, -0.1) is 10.3 Å². The van der Waals surface area contributed by atoms with Crippen LogP contribution in [0, 0.1) is 36.0 Å². The summed E-state index contributed by atoms with van der Waals surface area (Å²) >= 11 is 0. The molecule has 0 aliphatic heterocycles. The largest absolute Gasteiger partial charge is 0.347 e. The smallest absolute Gasteiger partial charge is 0.0122 e. The minimum absolute atomic E-state index is 0.552. The Morgan fingerprint density at radius 1 is 1.04 bits per heavy atom. The van der Waals surface area contributed by atoms with Crippen molar-refractivity contribution in [1.82, 2.24) is 0 Å². The summed E-state index contributed by atoms with van der Waals surface area (Å²) in [6, 6.07) is 8.59. The van der Waals surface area contributed by atoms with Crippen molar-refractivity contribution in [2.24, 2.45) is 29.1 Å². The zero-order valence-corrected chi connectivity index (χ0v) is 15.7. The highest BCUT2D eigenvalue weighted by molar-refractivity contribution is 8.28. The van der Waals surface area contributed by atoms with Crippen molar-refractivity contribution in [3.8, 4) is 0 Å². The summed E-state index contributed by atoms with van der Waals surface area (Å²) < 4.78 is 11.2. The van der Waals surface area contributed by atoms with Crippen LogP contribution in [-0.2, 0) is 0 Å². The average molecular weight is 333 g/mol. The fraction of sp³-hybridized carbons (Fsp3) is 0.714. The lowest BCUT2D eigenvalue weighted by Gasteiger charge is -2.60. The molecule has 1 nitrogen and oxygen atoms in total. The van der Waals surface area contributed by atoms with E-state index in [1.165, 1.54) is 49.0 Å². The van der Waals surface area contributed by atoms with Crippen molar-refractivity contribution in [3.63, 3.8) is 0 Å². The lowest BCUT2D eigenvalue weighted by atomic mass is 9.47. The third-order valence-corrected chi connectivity index (χ3v) is 9.67. The second kappa shape index (κ2) is 5.52. The van der Waals surface area contributed by atoms with E-state index in [1.54, 1.807) is 0 Å². The van der Waals surface area contributed by atoms with Crippen molar-refractivity contribution in [2.75, 3.05) is 12.0 Å². The SMILES string of the molecule is Cc1ccc(S(C)(O)C[C@H](C)C23CC4CC(CC(C4)C2)C3)cc1. The summed E-state index contributed by atoms with van der Waals surface area (Å²) in [5.41, 5.74) is 1.83. The molecule has 2 heteroatoms. The van der Waals surface area contributed by atoms with Gasteiger partial charge in [0.1, 0.15) is 0 Å². The Kier molecular flexibility index (Phi) is 3.85. The number of hydrogen-bond donors (Lipinski definition) is 1. The minimum Gasteiger partial charge on any atom is -0.347 e. The maximum Gasteiger partial charge on any atom is 0.0122 e. The van der Waals surface area contributed by atoms with Crippen LogP contribution in [0.4, 0.5) is 0 Å². The number of benzene rings is 1. The molecule has 0 heterocycles. The summed E-state index contributed by atoms with van der Waals surface area (Å²) in [4.78, 5) is 1.17. The molecular formula is C21H32OS. The van der Waals surface area contributed by atoms with Crippen molar-refractivity contribution < 1.29 is 4.55 Å². The lowest BCUT2D eigenvalue weighted by molar-refractivity contribution is -0.0781. The molecule has 4 saturated carbocycles. The predicted octanol–water partition coefficient (Wildman–Crippen LogP) is 6.11. The number of aryl methyl sites for hydroxylation is 1. The molecule has 23 heavy (non-hydrogen) atoms. The Bertz CT molecular complexity index is 539. The first-order chi connectivity index (χ1) is 10.9. The highest BCUT2D eigenvalue weighted by Gasteiger charge is 2.53. The zero-order chi connectivity index (χ0) is 16.2. The molecule has 0 saturated heterocycles. The molecule has 4 fully saturated rings. The van der Waals surface area contributed by atoms with E-state index in [1.807, 2.05) is 0 Å². The van der Waals surface area contributed by atoms with E-state index in [9.17, 15) is 4.55 Å². The molecule has 1 aromatic carbocycles. The van der Waals surface area contributed by atoms with Crippen LogP contribution in [0.2, 0.25) is 0 Å². The fourth-order valence-corrected chi connectivity index (χ4v) is 8.61. The van der Waals surface area contributed by atoms with Crippen LogP contribution in [0.15, 0.2) is 29.2 Å². The van der Waals surface area contributed by atoms with Gasteiger partial charge in [0.15, 0.2) is 0 Å². The topological polar surface area (TPSA) is 20.2 Å². The molecule has 4 aliphatic rings. The predicted molar refractivity (Wildman–Crippen MR) is 100 cm³/mol. The lowest BCUT2D eigenvalue weighted by Crippen LogP contribution is -2.50. The highest BCUT2D eigenvalue weighted by atomic mass is 32.3. The number of rotatable bonds is 4.